The van der Waals surface area contributed by atoms with E-state index in [-0.39, 0.29) is 22.4 Å². The minimum absolute atomic E-state index is 0.00596. The summed E-state index contributed by atoms with van der Waals surface area (Å²) in [6, 6.07) is 6.38. The maximum Gasteiger partial charge on any atom is 0.339 e. The van der Waals surface area contributed by atoms with Gasteiger partial charge in [-0.2, -0.15) is 0 Å². The van der Waals surface area contributed by atoms with Crippen LogP contribution in [0, 0.1) is 5.41 Å². The van der Waals surface area contributed by atoms with Crippen molar-refractivity contribution in [1.82, 2.24) is 0 Å². The molecule has 1 N–H and O–H groups in total. The van der Waals surface area contributed by atoms with Gasteiger partial charge in [0.05, 0.1) is 24.1 Å². The first kappa shape index (κ1) is 16.5. The lowest BCUT2D eigenvalue weighted by Crippen LogP contribution is -2.22. The van der Waals surface area contributed by atoms with Gasteiger partial charge in [0.25, 0.3) is 0 Å². The topological polar surface area (TPSA) is 72.5 Å². The number of benzene rings is 1. The molecule has 1 aromatic rings. The number of hydrogen-bond acceptors (Lipinski definition) is 4. The minimum atomic E-state index is -3.49. The summed E-state index contributed by atoms with van der Waals surface area (Å²) < 4.78 is 31.2. The molecule has 0 unspecified atom stereocenters. The summed E-state index contributed by atoms with van der Waals surface area (Å²) in [5, 5.41) is 0. The maximum atomic E-state index is 12.0. The Balaban J connectivity index is 2.90. The molecule has 0 saturated carbocycles. The molecular formula is C14H21NO4S. The highest BCUT2D eigenvalue weighted by atomic mass is 32.2. The number of esters is 1. The van der Waals surface area contributed by atoms with Crippen LogP contribution in [-0.4, -0.2) is 27.2 Å². The lowest BCUT2D eigenvalue weighted by molar-refractivity contribution is 0.0602. The van der Waals surface area contributed by atoms with Crippen LogP contribution in [0.1, 0.15) is 37.6 Å². The summed E-state index contributed by atoms with van der Waals surface area (Å²) in [6.07, 6.45) is 0.530. The third-order valence-electron chi connectivity index (χ3n) is 2.72. The Bertz CT molecular complexity index is 573. The Labute approximate surface area is 120 Å². The van der Waals surface area contributed by atoms with Crippen molar-refractivity contribution in [2.45, 2.75) is 27.2 Å². The van der Waals surface area contributed by atoms with Gasteiger partial charge in [-0.1, -0.05) is 32.9 Å². The van der Waals surface area contributed by atoms with E-state index in [0.717, 1.165) is 0 Å². The number of carbonyl (C=O) groups excluding carboxylic acids is 1. The van der Waals surface area contributed by atoms with Gasteiger partial charge in [0, 0.05) is 0 Å². The van der Waals surface area contributed by atoms with Gasteiger partial charge in [0.15, 0.2) is 0 Å². The first-order valence-electron chi connectivity index (χ1n) is 6.32. The average molecular weight is 299 g/mol. The Hall–Kier alpha value is -1.56. The van der Waals surface area contributed by atoms with E-state index in [0.29, 0.717) is 6.42 Å². The van der Waals surface area contributed by atoms with Crippen molar-refractivity contribution in [2.24, 2.45) is 5.41 Å². The molecule has 0 aliphatic carbocycles. The number of nitrogens with one attached hydrogen (secondary N) is 1. The molecule has 0 saturated heterocycles. The van der Waals surface area contributed by atoms with Crippen molar-refractivity contribution in [2.75, 3.05) is 17.6 Å². The summed E-state index contributed by atoms with van der Waals surface area (Å²) in [7, 11) is -2.23. The van der Waals surface area contributed by atoms with Crippen molar-refractivity contribution >= 4 is 21.7 Å². The molecule has 0 bridgehead atoms. The number of sulfonamides is 1. The molecule has 20 heavy (non-hydrogen) atoms. The molecule has 6 heteroatoms. The highest BCUT2D eigenvalue weighted by Crippen LogP contribution is 2.22. The third-order valence-corrected chi connectivity index (χ3v) is 3.99. The predicted molar refractivity (Wildman–Crippen MR) is 79.3 cm³/mol. The maximum absolute atomic E-state index is 12.0. The predicted octanol–water partition coefficient (Wildman–Crippen LogP) is 2.65. The van der Waals surface area contributed by atoms with Crippen molar-refractivity contribution in [3.63, 3.8) is 0 Å². The van der Waals surface area contributed by atoms with Gasteiger partial charge in [-0.3, -0.25) is 4.72 Å². The van der Waals surface area contributed by atoms with Crippen LogP contribution in [0.15, 0.2) is 24.3 Å². The molecule has 0 aliphatic rings. The summed E-state index contributed by atoms with van der Waals surface area (Å²) in [5.74, 6) is -0.564. The van der Waals surface area contributed by atoms with E-state index in [1.165, 1.54) is 13.2 Å². The molecule has 0 fully saturated rings. The van der Waals surface area contributed by atoms with Crippen LogP contribution in [-0.2, 0) is 14.8 Å². The van der Waals surface area contributed by atoms with E-state index in [1.807, 2.05) is 20.8 Å². The summed E-state index contributed by atoms with van der Waals surface area (Å²) >= 11 is 0. The van der Waals surface area contributed by atoms with Crippen molar-refractivity contribution in [3.8, 4) is 0 Å². The van der Waals surface area contributed by atoms with Crippen LogP contribution in [0.4, 0.5) is 5.69 Å². The molecule has 0 atom stereocenters. The zero-order valence-corrected chi connectivity index (χ0v) is 13.1. The van der Waals surface area contributed by atoms with E-state index in [1.54, 1.807) is 18.2 Å². The van der Waals surface area contributed by atoms with E-state index in [2.05, 4.69) is 9.46 Å². The molecule has 1 aromatic carbocycles. The van der Waals surface area contributed by atoms with Gasteiger partial charge in [-0.25, -0.2) is 13.2 Å². The zero-order chi connectivity index (χ0) is 15.4. The van der Waals surface area contributed by atoms with Gasteiger partial charge in [-0.05, 0) is 24.0 Å². The van der Waals surface area contributed by atoms with E-state index < -0.39 is 16.0 Å². The SMILES string of the molecule is COC(=O)c1ccccc1NS(=O)(=O)CCC(C)(C)C. The second-order valence-corrected chi connectivity index (χ2v) is 7.61. The number of methoxy groups -OCH3 is 1. The molecule has 0 amide bonds. The number of rotatable bonds is 5. The Morgan fingerprint density at radius 3 is 2.40 bits per heavy atom. The minimum Gasteiger partial charge on any atom is -0.465 e. The molecule has 5 nitrogen and oxygen atoms in total. The second kappa shape index (κ2) is 6.26. The van der Waals surface area contributed by atoms with Crippen molar-refractivity contribution in [3.05, 3.63) is 29.8 Å². The molecule has 0 heterocycles. The Kier molecular flexibility index (Phi) is 5.16. The Morgan fingerprint density at radius 1 is 1.25 bits per heavy atom. The largest absolute Gasteiger partial charge is 0.465 e. The highest BCUT2D eigenvalue weighted by molar-refractivity contribution is 7.92. The standard InChI is InChI=1S/C14H21NO4S/c1-14(2,3)9-10-20(17,18)15-12-8-6-5-7-11(12)13(16)19-4/h5-8,15H,9-10H2,1-4H3. The summed E-state index contributed by atoms with van der Waals surface area (Å²) in [6.45, 7) is 5.93. The Morgan fingerprint density at radius 2 is 1.85 bits per heavy atom. The lowest BCUT2D eigenvalue weighted by atomic mass is 9.94. The third kappa shape index (κ3) is 5.21. The number of ether oxygens (including phenoxy) is 1. The fourth-order valence-electron chi connectivity index (χ4n) is 1.52. The van der Waals surface area contributed by atoms with Gasteiger partial charge in [-0.15, -0.1) is 0 Å². The van der Waals surface area contributed by atoms with E-state index in [9.17, 15) is 13.2 Å². The summed E-state index contributed by atoms with van der Waals surface area (Å²) in [5.41, 5.74) is 0.374. The molecule has 0 spiro atoms. The first-order valence-corrected chi connectivity index (χ1v) is 7.98. The van der Waals surface area contributed by atoms with Crippen LogP contribution in [0.5, 0.6) is 0 Å². The van der Waals surface area contributed by atoms with Crippen molar-refractivity contribution < 1.29 is 17.9 Å². The van der Waals surface area contributed by atoms with Crippen LogP contribution < -0.4 is 4.72 Å². The van der Waals surface area contributed by atoms with E-state index >= 15 is 0 Å². The number of hydrogen-bond donors (Lipinski definition) is 1. The van der Waals surface area contributed by atoms with Gasteiger partial charge >= 0.3 is 5.97 Å². The normalized spacial score (nSPS) is 12.0. The molecular weight excluding hydrogens is 278 g/mol. The average Bonchev–Trinajstić information content (AvgIpc) is 2.35. The summed E-state index contributed by atoms with van der Waals surface area (Å²) in [4.78, 5) is 11.6. The van der Waals surface area contributed by atoms with Crippen LogP contribution in [0.2, 0.25) is 0 Å². The van der Waals surface area contributed by atoms with Gasteiger partial charge < -0.3 is 4.74 Å². The number of carbonyl (C=O) groups is 1. The van der Waals surface area contributed by atoms with Gasteiger partial charge in [0.1, 0.15) is 0 Å². The zero-order valence-electron chi connectivity index (χ0n) is 12.3. The lowest BCUT2D eigenvalue weighted by Gasteiger charge is -2.18. The highest BCUT2D eigenvalue weighted by Gasteiger charge is 2.20. The number of para-hydroxylation sites is 1. The van der Waals surface area contributed by atoms with Crippen LogP contribution in [0.25, 0.3) is 0 Å². The quantitative estimate of drug-likeness (QED) is 0.848. The van der Waals surface area contributed by atoms with Crippen molar-refractivity contribution in [1.29, 1.82) is 0 Å². The molecule has 0 aliphatic heterocycles. The van der Waals surface area contributed by atoms with E-state index in [4.69, 9.17) is 0 Å². The number of anilines is 1. The molecule has 112 valence electrons. The monoisotopic (exact) mass is 299 g/mol. The fourth-order valence-corrected chi connectivity index (χ4v) is 3.02. The molecule has 0 radical (unpaired) electrons. The van der Waals surface area contributed by atoms with Crippen LogP contribution >= 0.6 is 0 Å². The molecule has 0 aromatic heterocycles. The second-order valence-electron chi connectivity index (χ2n) is 5.77. The van der Waals surface area contributed by atoms with Crippen LogP contribution in [0.3, 0.4) is 0 Å². The molecule has 1 rings (SSSR count). The smallest absolute Gasteiger partial charge is 0.339 e. The first-order chi connectivity index (χ1) is 9.14. The van der Waals surface area contributed by atoms with Gasteiger partial charge in [0.2, 0.25) is 10.0 Å². The fraction of sp³-hybridized carbons (Fsp3) is 0.500.